The van der Waals surface area contributed by atoms with Crippen LogP contribution in [0.1, 0.15) is 10.4 Å². The van der Waals surface area contributed by atoms with Gasteiger partial charge in [0.1, 0.15) is 0 Å². The predicted molar refractivity (Wildman–Crippen MR) is 132 cm³/mol. The van der Waals surface area contributed by atoms with Crippen molar-refractivity contribution >= 4 is 11.6 Å². The lowest BCUT2D eigenvalue weighted by atomic mass is 10.1. The maximum atomic E-state index is 13.2. The summed E-state index contributed by atoms with van der Waals surface area (Å²) >= 11 is 0. The highest BCUT2D eigenvalue weighted by molar-refractivity contribution is 6.01. The highest BCUT2D eigenvalue weighted by atomic mass is 16.1. The molecule has 2 aromatic carbocycles. The van der Waals surface area contributed by atoms with E-state index in [2.05, 4.69) is 56.3 Å². The summed E-state index contributed by atoms with van der Waals surface area (Å²) in [4.78, 5) is 23.5. The van der Waals surface area contributed by atoms with Gasteiger partial charge in [0.15, 0.2) is 0 Å². The molecule has 1 amide bonds. The fraction of sp³-hybridized carbons (Fsp3) is 0.346. The van der Waals surface area contributed by atoms with Crippen molar-refractivity contribution in [2.75, 3.05) is 65.3 Å². The zero-order valence-corrected chi connectivity index (χ0v) is 19.3. The number of nitrogens with zero attached hydrogens (tertiary/aromatic N) is 3. The van der Waals surface area contributed by atoms with Crippen LogP contribution < -0.4 is 10.2 Å². The summed E-state index contributed by atoms with van der Waals surface area (Å²) in [5, 5.41) is 3.14. The van der Waals surface area contributed by atoms with Crippen LogP contribution in [-0.4, -0.2) is 81.1 Å². The Morgan fingerprint density at radius 2 is 1.66 bits per heavy atom. The number of benzene rings is 2. The number of amides is 1. The number of carbonyl (C=O) groups is 1. The molecule has 1 saturated heterocycles. The predicted octanol–water partition coefficient (Wildman–Crippen LogP) is 3.39. The van der Waals surface area contributed by atoms with E-state index in [4.69, 9.17) is 0 Å². The second kappa shape index (κ2) is 10.0. The molecule has 0 aliphatic carbocycles. The molecule has 1 aromatic heterocycles. The van der Waals surface area contributed by atoms with Crippen molar-refractivity contribution in [1.29, 1.82) is 0 Å². The van der Waals surface area contributed by atoms with Gasteiger partial charge in [0.25, 0.3) is 5.91 Å². The van der Waals surface area contributed by atoms with E-state index in [0.29, 0.717) is 12.1 Å². The van der Waals surface area contributed by atoms with Crippen LogP contribution in [0.3, 0.4) is 0 Å². The molecule has 2 N–H and O–H groups in total. The molecule has 0 spiro atoms. The molecule has 0 bridgehead atoms. The van der Waals surface area contributed by atoms with Crippen LogP contribution >= 0.6 is 0 Å². The van der Waals surface area contributed by atoms with E-state index in [-0.39, 0.29) is 5.91 Å². The van der Waals surface area contributed by atoms with Crippen LogP contribution in [-0.2, 0) is 0 Å². The molecule has 4 rings (SSSR count). The van der Waals surface area contributed by atoms with Crippen LogP contribution in [0, 0.1) is 0 Å². The van der Waals surface area contributed by atoms with Gasteiger partial charge in [-0.2, -0.15) is 0 Å². The molecule has 1 fully saturated rings. The Balaban J connectivity index is 1.52. The van der Waals surface area contributed by atoms with Gasteiger partial charge in [-0.25, -0.2) is 0 Å². The highest BCUT2D eigenvalue weighted by Gasteiger charge is 2.19. The molecular weight excluding hydrogens is 398 g/mol. The zero-order valence-electron chi connectivity index (χ0n) is 19.3. The van der Waals surface area contributed by atoms with E-state index in [1.165, 1.54) is 0 Å². The van der Waals surface area contributed by atoms with Crippen molar-refractivity contribution in [1.82, 2.24) is 20.1 Å². The Hall–Kier alpha value is -3.09. The number of piperazine rings is 1. The molecule has 0 saturated carbocycles. The van der Waals surface area contributed by atoms with Gasteiger partial charge >= 0.3 is 0 Å². The van der Waals surface area contributed by atoms with Crippen molar-refractivity contribution in [3.05, 3.63) is 66.2 Å². The average Bonchev–Trinajstić information content (AvgIpc) is 3.27. The second-order valence-corrected chi connectivity index (χ2v) is 8.68. The minimum absolute atomic E-state index is 0.0367. The van der Waals surface area contributed by atoms with Crippen molar-refractivity contribution in [2.45, 2.75) is 0 Å². The molecular formula is C26H33N5O. The topological polar surface area (TPSA) is 54.6 Å². The lowest BCUT2D eigenvalue weighted by Gasteiger charge is -2.32. The smallest absolute Gasteiger partial charge is 0.253 e. The van der Waals surface area contributed by atoms with Gasteiger partial charge in [0.2, 0.25) is 0 Å². The molecule has 6 nitrogen and oxygen atoms in total. The zero-order chi connectivity index (χ0) is 22.5. The normalized spacial score (nSPS) is 15.0. The molecule has 3 aromatic rings. The monoisotopic (exact) mass is 431 g/mol. The van der Waals surface area contributed by atoms with Gasteiger partial charge in [0.05, 0.1) is 11.3 Å². The molecule has 0 radical (unpaired) electrons. The van der Waals surface area contributed by atoms with Crippen molar-refractivity contribution in [2.24, 2.45) is 0 Å². The number of aromatic nitrogens is 1. The third-order valence-corrected chi connectivity index (χ3v) is 6.13. The number of hydrogen-bond donors (Lipinski definition) is 2. The molecule has 0 atom stereocenters. The maximum absolute atomic E-state index is 13.2. The van der Waals surface area contributed by atoms with E-state index in [9.17, 15) is 4.79 Å². The maximum Gasteiger partial charge on any atom is 0.253 e. The number of hydrogen-bond acceptors (Lipinski definition) is 4. The number of rotatable bonds is 7. The number of H-pyrrole nitrogens is 1. The summed E-state index contributed by atoms with van der Waals surface area (Å²) in [6.45, 7) is 5.80. The Kier molecular flexibility index (Phi) is 6.93. The van der Waals surface area contributed by atoms with Gasteiger partial charge in [-0.15, -0.1) is 0 Å². The van der Waals surface area contributed by atoms with Crippen molar-refractivity contribution in [3.8, 4) is 22.5 Å². The van der Waals surface area contributed by atoms with Gasteiger partial charge in [-0.3, -0.25) is 9.69 Å². The standard InChI is InChI=1S/C26H33N5O/c1-29(2)22-11-9-20(10-12-22)24-19-23(25(28-24)21-7-5-4-6-8-21)26(32)27-13-14-31-17-15-30(3)16-18-31/h4-12,19,28H,13-18H2,1-3H3,(H,27,32). The summed E-state index contributed by atoms with van der Waals surface area (Å²) in [7, 11) is 6.21. The van der Waals surface area contributed by atoms with Crippen LogP contribution in [0.2, 0.25) is 0 Å². The van der Waals surface area contributed by atoms with E-state index >= 15 is 0 Å². The Labute approximate surface area is 190 Å². The van der Waals surface area contributed by atoms with E-state index in [0.717, 1.165) is 60.9 Å². The lowest BCUT2D eigenvalue weighted by molar-refractivity contribution is 0.0942. The lowest BCUT2D eigenvalue weighted by Crippen LogP contribution is -2.46. The van der Waals surface area contributed by atoms with Gasteiger partial charge in [0, 0.05) is 64.7 Å². The first-order chi connectivity index (χ1) is 15.5. The van der Waals surface area contributed by atoms with Crippen molar-refractivity contribution < 1.29 is 4.79 Å². The SMILES string of the molecule is CN1CCN(CCNC(=O)c2cc(-c3ccc(N(C)C)cc3)[nH]c2-c2ccccc2)CC1. The van der Waals surface area contributed by atoms with Crippen LogP contribution in [0.4, 0.5) is 5.69 Å². The fourth-order valence-electron chi connectivity index (χ4n) is 4.06. The summed E-state index contributed by atoms with van der Waals surface area (Å²) in [5.74, 6) is -0.0367. The van der Waals surface area contributed by atoms with Crippen molar-refractivity contribution in [3.63, 3.8) is 0 Å². The van der Waals surface area contributed by atoms with E-state index < -0.39 is 0 Å². The molecule has 2 heterocycles. The average molecular weight is 432 g/mol. The molecule has 1 aliphatic rings. The van der Waals surface area contributed by atoms with E-state index in [1.54, 1.807) is 0 Å². The quantitative estimate of drug-likeness (QED) is 0.602. The summed E-state index contributed by atoms with van der Waals surface area (Å²) in [5.41, 5.74) is 5.69. The molecule has 1 aliphatic heterocycles. The first-order valence-corrected chi connectivity index (χ1v) is 11.3. The second-order valence-electron chi connectivity index (χ2n) is 8.68. The molecule has 168 valence electrons. The minimum atomic E-state index is -0.0367. The van der Waals surface area contributed by atoms with Gasteiger partial charge < -0.3 is 20.1 Å². The Morgan fingerprint density at radius 3 is 2.31 bits per heavy atom. The third-order valence-electron chi connectivity index (χ3n) is 6.13. The third kappa shape index (κ3) is 5.21. The van der Waals surface area contributed by atoms with Crippen LogP contribution in [0.5, 0.6) is 0 Å². The number of carbonyl (C=O) groups excluding carboxylic acids is 1. The molecule has 6 heteroatoms. The molecule has 32 heavy (non-hydrogen) atoms. The fourth-order valence-corrected chi connectivity index (χ4v) is 4.06. The summed E-state index contributed by atoms with van der Waals surface area (Å²) in [6.07, 6.45) is 0. The first-order valence-electron chi connectivity index (χ1n) is 11.3. The number of aromatic amines is 1. The van der Waals surface area contributed by atoms with Crippen LogP contribution in [0.15, 0.2) is 60.7 Å². The van der Waals surface area contributed by atoms with Gasteiger partial charge in [-0.1, -0.05) is 42.5 Å². The van der Waals surface area contributed by atoms with Crippen LogP contribution in [0.25, 0.3) is 22.5 Å². The Morgan fingerprint density at radius 1 is 0.969 bits per heavy atom. The largest absolute Gasteiger partial charge is 0.378 e. The number of likely N-dealkylation sites (N-methyl/N-ethyl adjacent to an activating group) is 1. The first kappa shape index (κ1) is 22.1. The number of anilines is 1. The summed E-state index contributed by atoms with van der Waals surface area (Å²) < 4.78 is 0. The summed E-state index contributed by atoms with van der Waals surface area (Å²) in [6, 6.07) is 20.4. The highest BCUT2D eigenvalue weighted by Crippen LogP contribution is 2.30. The Bertz CT molecular complexity index is 1020. The molecule has 0 unspecified atom stereocenters. The van der Waals surface area contributed by atoms with Gasteiger partial charge in [-0.05, 0) is 36.4 Å². The number of nitrogens with one attached hydrogen (secondary N) is 2. The minimum Gasteiger partial charge on any atom is -0.378 e. The van der Waals surface area contributed by atoms with E-state index in [1.807, 2.05) is 50.5 Å².